The fourth-order valence-electron chi connectivity index (χ4n) is 3.01. The molecule has 1 atom stereocenters. The minimum absolute atomic E-state index is 0.170. The number of nitrogens with zero attached hydrogens (tertiary/aromatic N) is 2. The van der Waals surface area contributed by atoms with E-state index in [9.17, 15) is 9.90 Å². The highest BCUT2D eigenvalue weighted by Gasteiger charge is 2.23. The van der Waals surface area contributed by atoms with Crippen LogP contribution in [0.1, 0.15) is 30.9 Å². The number of aryl methyl sites for hydroxylation is 2. The van der Waals surface area contributed by atoms with Crippen LogP contribution in [0.25, 0.3) is 0 Å². The maximum Gasteiger partial charge on any atom is 0.222 e. The molecule has 1 aliphatic heterocycles. The summed E-state index contributed by atoms with van der Waals surface area (Å²) < 4.78 is 0. The van der Waals surface area contributed by atoms with E-state index in [2.05, 4.69) is 43.9 Å². The number of likely N-dealkylation sites (tertiary alicyclic amines) is 1. The summed E-state index contributed by atoms with van der Waals surface area (Å²) in [6.45, 7) is 8.89. The van der Waals surface area contributed by atoms with Gasteiger partial charge in [-0.3, -0.25) is 4.79 Å². The lowest BCUT2D eigenvalue weighted by atomic mass is 10.1. The first kappa shape index (κ1) is 15.8. The van der Waals surface area contributed by atoms with Crippen LogP contribution < -0.4 is 4.90 Å². The third-order valence-corrected chi connectivity index (χ3v) is 3.99. The third-order valence-electron chi connectivity index (χ3n) is 3.99. The number of β-amino-alcohol motifs (C(OH)–C–C–N with tert-alkyl or cyclic N) is 1. The molecule has 1 aromatic carbocycles. The first-order valence-corrected chi connectivity index (χ1v) is 7.78. The summed E-state index contributed by atoms with van der Waals surface area (Å²) in [4.78, 5) is 15.6. The lowest BCUT2D eigenvalue weighted by Gasteiger charge is -2.28. The molecule has 4 nitrogen and oxygen atoms in total. The normalized spacial score (nSPS) is 16.4. The number of likely N-dealkylation sites (N-methyl/N-ethyl adjacent to an activating group) is 1. The summed E-state index contributed by atoms with van der Waals surface area (Å²) in [5.41, 5.74) is 3.60. The van der Waals surface area contributed by atoms with Gasteiger partial charge in [-0.05, 0) is 50.5 Å². The van der Waals surface area contributed by atoms with Gasteiger partial charge in [0.2, 0.25) is 5.91 Å². The maximum absolute atomic E-state index is 11.6. The number of anilines is 1. The van der Waals surface area contributed by atoms with E-state index in [-0.39, 0.29) is 5.91 Å². The number of benzene rings is 1. The van der Waals surface area contributed by atoms with E-state index in [1.54, 1.807) is 4.90 Å². The molecule has 1 aromatic rings. The number of carbonyl (C=O) groups excluding carboxylic acids is 1. The fraction of sp³-hybridized carbons (Fsp3) is 0.588. The van der Waals surface area contributed by atoms with Gasteiger partial charge in [-0.2, -0.15) is 0 Å². The second kappa shape index (κ2) is 6.94. The highest BCUT2D eigenvalue weighted by atomic mass is 16.3. The summed E-state index contributed by atoms with van der Waals surface area (Å²) in [5, 5.41) is 10.3. The zero-order chi connectivity index (χ0) is 15.4. The van der Waals surface area contributed by atoms with Crippen molar-refractivity contribution in [3.63, 3.8) is 0 Å². The Morgan fingerprint density at radius 3 is 2.48 bits per heavy atom. The smallest absolute Gasteiger partial charge is 0.222 e. The number of amides is 1. The van der Waals surface area contributed by atoms with E-state index < -0.39 is 6.10 Å². The zero-order valence-corrected chi connectivity index (χ0v) is 13.3. The number of aliphatic hydroxyl groups is 1. The quantitative estimate of drug-likeness (QED) is 0.872. The third kappa shape index (κ3) is 4.21. The molecule has 2 rings (SSSR count). The van der Waals surface area contributed by atoms with Crippen molar-refractivity contribution in [1.82, 2.24) is 4.90 Å². The Morgan fingerprint density at radius 1 is 1.29 bits per heavy atom. The highest BCUT2D eigenvalue weighted by molar-refractivity contribution is 5.78. The number of hydrogen-bond donors (Lipinski definition) is 1. The van der Waals surface area contributed by atoms with E-state index in [0.717, 1.165) is 25.2 Å². The van der Waals surface area contributed by atoms with Crippen LogP contribution in [0.4, 0.5) is 5.69 Å². The maximum atomic E-state index is 11.6. The van der Waals surface area contributed by atoms with Crippen LogP contribution in [0.5, 0.6) is 0 Å². The Morgan fingerprint density at radius 2 is 1.95 bits per heavy atom. The molecular weight excluding hydrogens is 264 g/mol. The summed E-state index contributed by atoms with van der Waals surface area (Å²) in [6.07, 6.45) is 1.04. The Bertz CT molecular complexity index is 481. The van der Waals surface area contributed by atoms with Crippen LogP contribution in [-0.2, 0) is 4.79 Å². The molecule has 1 amide bonds. The second-order valence-electron chi connectivity index (χ2n) is 5.98. The number of carbonyl (C=O) groups is 1. The molecule has 1 N–H and O–H groups in total. The van der Waals surface area contributed by atoms with Crippen LogP contribution in [0.3, 0.4) is 0 Å². The zero-order valence-electron chi connectivity index (χ0n) is 13.3. The molecule has 0 saturated carbocycles. The summed E-state index contributed by atoms with van der Waals surface area (Å²) in [5.74, 6) is 0.170. The van der Waals surface area contributed by atoms with Crippen molar-refractivity contribution < 1.29 is 9.90 Å². The standard InChI is InChI=1S/C17H26N2O2/c1-4-18(15-9-13(2)8-14(3)10-15)11-16(20)12-19-7-5-6-17(19)21/h8-10,16,20H,4-7,11-12H2,1-3H3. The first-order valence-electron chi connectivity index (χ1n) is 7.78. The van der Waals surface area contributed by atoms with Gasteiger partial charge in [-0.25, -0.2) is 0 Å². The van der Waals surface area contributed by atoms with Gasteiger partial charge in [0.15, 0.2) is 0 Å². The van der Waals surface area contributed by atoms with Gasteiger partial charge < -0.3 is 14.9 Å². The van der Waals surface area contributed by atoms with Crippen LogP contribution in [-0.4, -0.2) is 48.2 Å². The predicted molar refractivity (Wildman–Crippen MR) is 85.6 cm³/mol. The van der Waals surface area contributed by atoms with Gasteiger partial charge in [0, 0.05) is 38.3 Å². The largest absolute Gasteiger partial charge is 0.389 e. The van der Waals surface area contributed by atoms with Crippen molar-refractivity contribution >= 4 is 11.6 Å². The Labute approximate surface area is 127 Å². The molecule has 0 spiro atoms. The van der Waals surface area contributed by atoms with Gasteiger partial charge in [-0.15, -0.1) is 0 Å². The number of aliphatic hydroxyl groups excluding tert-OH is 1. The van der Waals surface area contributed by atoms with Crippen molar-refractivity contribution in [2.24, 2.45) is 0 Å². The molecular formula is C17H26N2O2. The van der Waals surface area contributed by atoms with E-state index in [1.807, 2.05) is 0 Å². The Hall–Kier alpha value is -1.55. The van der Waals surface area contributed by atoms with Crippen molar-refractivity contribution in [2.45, 2.75) is 39.7 Å². The molecule has 1 aliphatic rings. The first-order chi connectivity index (χ1) is 9.99. The van der Waals surface area contributed by atoms with Crippen LogP contribution in [0, 0.1) is 13.8 Å². The molecule has 1 unspecified atom stereocenters. The SMILES string of the molecule is CCN(CC(O)CN1CCCC1=O)c1cc(C)cc(C)c1. The predicted octanol–water partition coefficient (Wildman–Crippen LogP) is 2.11. The average molecular weight is 290 g/mol. The van der Waals surface area contributed by atoms with E-state index in [0.29, 0.717) is 19.5 Å². The van der Waals surface area contributed by atoms with Gasteiger partial charge in [0.05, 0.1) is 6.10 Å². The van der Waals surface area contributed by atoms with Gasteiger partial charge >= 0.3 is 0 Å². The van der Waals surface area contributed by atoms with Gasteiger partial charge in [0.1, 0.15) is 0 Å². The van der Waals surface area contributed by atoms with E-state index >= 15 is 0 Å². The lowest BCUT2D eigenvalue weighted by molar-refractivity contribution is -0.128. The number of rotatable bonds is 6. The molecule has 21 heavy (non-hydrogen) atoms. The minimum Gasteiger partial charge on any atom is -0.389 e. The van der Waals surface area contributed by atoms with Crippen LogP contribution in [0.2, 0.25) is 0 Å². The molecule has 1 heterocycles. The Kier molecular flexibility index (Phi) is 5.23. The molecule has 0 bridgehead atoms. The van der Waals surface area contributed by atoms with Gasteiger partial charge in [0.25, 0.3) is 0 Å². The molecule has 116 valence electrons. The molecule has 1 saturated heterocycles. The monoisotopic (exact) mass is 290 g/mol. The minimum atomic E-state index is -0.507. The second-order valence-corrected chi connectivity index (χ2v) is 5.98. The van der Waals surface area contributed by atoms with Crippen molar-refractivity contribution in [3.05, 3.63) is 29.3 Å². The molecule has 4 heteroatoms. The summed E-state index contributed by atoms with van der Waals surface area (Å²) >= 11 is 0. The van der Waals surface area contributed by atoms with Crippen LogP contribution in [0.15, 0.2) is 18.2 Å². The molecule has 1 fully saturated rings. The van der Waals surface area contributed by atoms with E-state index in [1.165, 1.54) is 11.1 Å². The lowest BCUT2D eigenvalue weighted by Crippen LogP contribution is -2.40. The van der Waals surface area contributed by atoms with E-state index in [4.69, 9.17) is 0 Å². The van der Waals surface area contributed by atoms with Crippen molar-refractivity contribution in [1.29, 1.82) is 0 Å². The molecule has 0 radical (unpaired) electrons. The summed E-state index contributed by atoms with van der Waals surface area (Å²) in [6, 6.07) is 6.44. The number of hydrogen-bond acceptors (Lipinski definition) is 3. The summed E-state index contributed by atoms with van der Waals surface area (Å²) in [7, 11) is 0. The fourth-order valence-corrected chi connectivity index (χ4v) is 3.01. The van der Waals surface area contributed by atoms with Gasteiger partial charge in [-0.1, -0.05) is 6.07 Å². The molecule has 0 aromatic heterocycles. The molecule has 0 aliphatic carbocycles. The topological polar surface area (TPSA) is 43.8 Å². The average Bonchev–Trinajstić information content (AvgIpc) is 2.80. The van der Waals surface area contributed by atoms with Crippen molar-refractivity contribution in [3.8, 4) is 0 Å². The van der Waals surface area contributed by atoms with Crippen molar-refractivity contribution in [2.75, 3.05) is 31.1 Å². The van der Waals surface area contributed by atoms with Crippen LogP contribution >= 0.6 is 0 Å². The Balaban J connectivity index is 1.99. The highest BCUT2D eigenvalue weighted by Crippen LogP contribution is 2.19.